The van der Waals surface area contributed by atoms with Crippen LogP contribution in [0.3, 0.4) is 0 Å². The van der Waals surface area contributed by atoms with E-state index >= 15 is 0 Å². The van der Waals surface area contributed by atoms with Crippen molar-refractivity contribution in [1.29, 1.82) is 0 Å². The van der Waals surface area contributed by atoms with Crippen LogP contribution in [0, 0.1) is 10.5 Å². The largest absolute Gasteiger partial charge is 0.332 e. The predicted molar refractivity (Wildman–Crippen MR) is 119 cm³/mol. The summed E-state index contributed by atoms with van der Waals surface area (Å²) in [5, 5.41) is 5.58. The van der Waals surface area contributed by atoms with E-state index in [4.69, 9.17) is 12.2 Å². The summed E-state index contributed by atoms with van der Waals surface area (Å²) in [4.78, 5) is 12.4. The highest BCUT2D eigenvalue weighted by molar-refractivity contribution is 14.1. The Labute approximate surface area is 177 Å². The summed E-state index contributed by atoms with van der Waals surface area (Å²) in [6.07, 6.45) is 1.46. The lowest BCUT2D eigenvalue weighted by Crippen LogP contribution is -2.34. The number of rotatable bonds is 6. The number of sulfonamides is 1. The number of aryl methyl sites for hydroxylation is 1. The fraction of sp³-hybridized carbons (Fsp3) is 0.111. The zero-order valence-electron chi connectivity index (χ0n) is 14.5. The first kappa shape index (κ1) is 21.5. The third kappa shape index (κ3) is 6.09. The highest BCUT2D eigenvalue weighted by atomic mass is 127. The SMILES string of the molecule is C=CCNS(=O)(=O)c1ccc(NC(=S)NC(=O)c2ccc(C)c(I)c2)cc1. The maximum atomic E-state index is 12.3. The van der Waals surface area contributed by atoms with Gasteiger partial charge in [0.15, 0.2) is 5.11 Å². The summed E-state index contributed by atoms with van der Waals surface area (Å²) in [5.74, 6) is -0.321. The number of carbonyl (C=O) groups excluding carboxylic acids is 1. The monoisotopic (exact) mass is 515 g/mol. The molecular weight excluding hydrogens is 497 g/mol. The fourth-order valence-corrected chi connectivity index (χ4v) is 3.77. The minimum atomic E-state index is -3.58. The van der Waals surface area contributed by atoms with Crippen molar-refractivity contribution in [2.45, 2.75) is 11.8 Å². The molecule has 27 heavy (non-hydrogen) atoms. The van der Waals surface area contributed by atoms with Crippen molar-refractivity contribution >= 4 is 61.5 Å². The van der Waals surface area contributed by atoms with Crippen molar-refractivity contribution in [3.63, 3.8) is 0 Å². The van der Waals surface area contributed by atoms with Crippen LogP contribution >= 0.6 is 34.8 Å². The number of thiocarbonyl (C=S) groups is 1. The molecule has 0 saturated carbocycles. The Morgan fingerprint density at radius 2 is 1.89 bits per heavy atom. The van der Waals surface area contributed by atoms with Gasteiger partial charge >= 0.3 is 0 Å². The van der Waals surface area contributed by atoms with Gasteiger partial charge < -0.3 is 5.32 Å². The highest BCUT2D eigenvalue weighted by Gasteiger charge is 2.13. The van der Waals surface area contributed by atoms with Crippen LogP contribution in [0.15, 0.2) is 60.0 Å². The molecule has 0 aliphatic heterocycles. The van der Waals surface area contributed by atoms with Gasteiger partial charge in [0, 0.05) is 21.4 Å². The topological polar surface area (TPSA) is 87.3 Å². The van der Waals surface area contributed by atoms with Gasteiger partial charge in [-0.2, -0.15) is 0 Å². The zero-order valence-corrected chi connectivity index (χ0v) is 18.2. The second-order valence-electron chi connectivity index (χ2n) is 5.54. The molecule has 0 fully saturated rings. The molecule has 2 aromatic rings. The van der Waals surface area contributed by atoms with Crippen LogP contribution in [0.1, 0.15) is 15.9 Å². The minimum absolute atomic E-state index is 0.121. The van der Waals surface area contributed by atoms with E-state index in [0.29, 0.717) is 11.3 Å². The van der Waals surface area contributed by atoms with E-state index in [-0.39, 0.29) is 22.5 Å². The van der Waals surface area contributed by atoms with Gasteiger partial charge in [0.2, 0.25) is 10.0 Å². The number of benzene rings is 2. The van der Waals surface area contributed by atoms with E-state index in [1.807, 2.05) is 13.0 Å². The summed E-state index contributed by atoms with van der Waals surface area (Å²) < 4.78 is 27.4. The molecule has 2 aromatic carbocycles. The quantitative estimate of drug-likeness (QED) is 0.313. The Morgan fingerprint density at radius 3 is 2.48 bits per heavy atom. The second-order valence-corrected chi connectivity index (χ2v) is 8.87. The van der Waals surface area contributed by atoms with Gasteiger partial charge in [0.25, 0.3) is 5.91 Å². The van der Waals surface area contributed by atoms with Crippen molar-refractivity contribution in [2.75, 3.05) is 11.9 Å². The Bertz CT molecular complexity index is 974. The first-order chi connectivity index (χ1) is 12.7. The minimum Gasteiger partial charge on any atom is -0.332 e. The van der Waals surface area contributed by atoms with Crippen molar-refractivity contribution in [1.82, 2.24) is 10.0 Å². The Balaban J connectivity index is 2.00. The summed E-state index contributed by atoms with van der Waals surface area (Å²) >= 11 is 7.31. The third-order valence-corrected chi connectivity index (χ3v) is 6.31. The first-order valence-electron chi connectivity index (χ1n) is 7.82. The molecule has 1 amide bonds. The Morgan fingerprint density at radius 1 is 1.22 bits per heavy atom. The molecular formula is C18H18IN3O3S2. The van der Waals surface area contributed by atoms with Gasteiger partial charge in [-0.05, 0) is 83.7 Å². The van der Waals surface area contributed by atoms with Crippen LogP contribution in [0.5, 0.6) is 0 Å². The molecule has 0 unspecified atom stereocenters. The molecule has 0 saturated heterocycles. The van der Waals surface area contributed by atoms with Crippen LogP contribution in [-0.2, 0) is 10.0 Å². The van der Waals surface area contributed by atoms with Crippen LogP contribution in [-0.4, -0.2) is 26.0 Å². The van der Waals surface area contributed by atoms with E-state index in [0.717, 1.165) is 9.13 Å². The average Bonchev–Trinajstić information content (AvgIpc) is 2.62. The Hall–Kier alpha value is -1.82. The molecule has 0 heterocycles. The van der Waals surface area contributed by atoms with E-state index in [1.54, 1.807) is 24.3 Å². The highest BCUT2D eigenvalue weighted by Crippen LogP contribution is 2.15. The van der Waals surface area contributed by atoms with Gasteiger partial charge in [-0.1, -0.05) is 12.1 Å². The normalized spacial score (nSPS) is 10.9. The van der Waals surface area contributed by atoms with Crippen molar-refractivity contribution in [3.8, 4) is 0 Å². The van der Waals surface area contributed by atoms with Gasteiger partial charge in [-0.25, -0.2) is 13.1 Å². The molecule has 9 heteroatoms. The molecule has 0 aliphatic rings. The number of halogens is 1. The van der Waals surface area contributed by atoms with Crippen molar-refractivity contribution < 1.29 is 13.2 Å². The lowest BCUT2D eigenvalue weighted by Gasteiger charge is -2.11. The fourth-order valence-electron chi connectivity index (χ4n) is 2.04. The lowest BCUT2D eigenvalue weighted by molar-refractivity contribution is 0.0977. The number of hydrogen-bond acceptors (Lipinski definition) is 4. The van der Waals surface area contributed by atoms with Gasteiger partial charge in [-0.15, -0.1) is 6.58 Å². The molecule has 0 atom stereocenters. The summed E-state index contributed by atoms with van der Waals surface area (Å²) in [6, 6.07) is 11.4. The third-order valence-electron chi connectivity index (χ3n) is 3.50. The Kier molecular flexibility index (Phi) is 7.48. The zero-order chi connectivity index (χ0) is 20.0. The number of carbonyl (C=O) groups is 1. The molecule has 0 bridgehead atoms. The molecule has 6 nitrogen and oxygen atoms in total. The number of anilines is 1. The molecule has 2 rings (SSSR count). The maximum Gasteiger partial charge on any atom is 0.257 e. The summed E-state index contributed by atoms with van der Waals surface area (Å²) in [7, 11) is -3.58. The van der Waals surface area contributed by atoms with E-state index in [9.17, 15) is 13.2 Å². The molecule has 0 spiro atoms. The van der Waals surface area contributed by atoms with E-state index in [1.165, 1.54) is 18.2 Å². The van der Waals surface area contributed by atoms with Crippen molar-refractivity contribution in [2.24, 2.45) is 0 Å². The molecule has 0 aromatic heterocycles. The van der Waals surface area contributed by atoms with Gasteiger partial charge in [-0.3, -0.25) is 10.1 Å². The van der Waals surface area contributed by atoms with Gasteiger partial charge in [0.1, 0.15) is 0 Å². The summed E-state index contributed by atoms with van der Waals surface area (Å²) in [6.45, 7) is 5.59. The van der Waals surface area contributed by atoms with E-state index in [2.05, 4.69) is 44.5 Å². The van der Waals surface area contributed by atoms with Crippen LogP contribution < -0.4 is 15.4 Å². The van der Waals surface area contributed by atoms with Gasteiger partial charge in [0.05, 0.1) is 4.90 Å². The van der Waals surface area contributed by atoms with Crippen molar-refractivity contribution in [3.05, 3.63) is 69.8 Å². The maximum absolute atomic E-state index is 12.3. The molecule has 0 aliphatic carbocycles. The van der Waals surface area contributed by atoms with Crippen LogP contribution in [0.2, 0.25) is 0 Å². The first-order valence-corrected chi connectivity index (χ1v) is 10.8. The predicted octanol–water partition coefficient (Wildman–Crippen LogP) is 3.19. The lowest BCUT2D eigenvalue weighted by atomic mass is 10.1. The average molecular weight is 515 g/mol. The van der Waals surface area contributed by atoms with Crippen LogP contribution in [0.25, 0.3) is 0 Å². The smallest absolute Gasteiger partial charge is 0.257 e. The van der Waals surface area contributed by atoms with Crippen LogP contribution in [0.4, 0.5) is 5.69 Å². The number of nitrogens with one attached hydrogen (secondary N) is 3. The second kappa shape index (κ2) is 9.40. The number of amides is 1. The standard InChI is InChI=1S/C18H18IN3O3S2/c1-3-10-20-27(24,25)15-8-6-14(7-9-15)21-18(26)22-17(23)13-5-4-12(2)16(19)11-13/h3-9,11,20H,1,10H2,2H3,(H2,21,22,23,26). The summed E-state index contributed by atoms with van der Waals surface area (Å²) in [5.41, 5.74) is 2.15. The molecule has 142 valence electrons. The molecule has 0 radical (unpaired) electrons. The number of hydrogen-bond donors (Lipinski definition) is 3. The molecule has 3 N–H and O–H groups in total. The van der Waals surface area contributed by atoms with E-state index < -0.39 is 10.0 Å².